The van der Waals surface area contributed by atoms with Crippen LogP contribution in [0.1, 0.15) is 77.0 Å². The number of nitrogens with one attached hydrogen (secondary N) is 2. The lowest BCUT2D eigenvalue weighted by molar-refractivity contribution is -0.125. The van der Waals surface area contributed by atoms with Gasteiger partial charge in [0, 0.05) is 49.4 Å². The van der Waals surface area contributed by atoms with Crippen molar-refractivity contribution < 1.29 is 26.4 Å². The van der Waals surface area contributed by atoms with Crippen molar-refractivity contribution in [3.05, 3.63) is 48.5 Å². The SMILES string of the molecule is O=C(Nc1ccc(S(=O)(=O)N2CCCCCC2)cc1)C1CCC(C(=O)Nc2ccc(S(=O)(=O)N3CCCCCC3)cc2)CC1. The van der Waals surface area contributed by atoms with Gasteiger partial charge in [-0.2, -0.15) is 8.61 Å². The summed E-state index contributed by atoms with van der Waals surface area (Å²) in [6, 6.07) is 12.7. The van der Waals surface area contributed by atoms with Gasteiger partial charge in [0.2, 0.25) is 31.9 Å². The third-order valence-corrected chi connectivity index (χ3v) is 12.9. The summed E-state index contributed by atoms with van der Waals surface area (Å²) in [7, 11) is -7.10. The van der Waals surface area contributed by atoms with E-state index in [2.05, 4.69) is 10.6 Å². The van der Waals surface area contributed by atoms with Gasteiger partial charge >= 0.3 is 0 Å². The number of anilines is 2. The molecule has 3 aliphatic rings. The lowest BCUT2D eigenvalue weighted by atomic mass is 9.81. The molecule has 2 heterocycles. The first-order valence-corrected chi connectivity index (χ1v) is 18.8. The molecule has 0 aromatic heterocycles. The topological polar surface area (TPSA) is 133 Å². The lowest BCUT2D eigenvalue weighted by Crippen LogP contribution is -2.32. The Balaban J connectivity index is 1.09. The van der Waals surface area contributed by atoms with E-state index in [-0.39, 0.29) is 33.4 Å². The minimum Gasteiger partial charge on any atom is -0.326 e. The fourth-order valence-electron chi connectivity index (χ4n) is 6.39. The second-order valence-electron chi connectivity index (χ2n) is 12.2. The molecule has 0 radical (unpaired) electrons. The average molecular weight is 645 g/mol. The van der Waals surface area contributed by atoms with Crippen LogP contribution >= 0.6 is 0 Å². The first-order chi connectivity index (χ1) is 21.1. The Labute approximate surface area is 261 Å². The predicted molar refractivity (Wildman–Crippen MR) is 170 cm³/mol. The van der Waals surface area contributed by atoms with Gasteiger partial charge in [-0.1, -0.05) is 25.7 Å². The molecule has 0 atom stereocenters. The molecule has 2 aromatic carbocycles. The minimum absolute atomic E-state index is 0.131. The van der Waals surface area contributed by atoms with Gasteiger partial charge in [0.1, 0.15) is 0 Å². The fourth-order valence-corrected chi connectivity index (χ4v) is 9.42. The Morgan fingerprint density at radius 1 is 0.500 bits per heavy atom. The van der Waals surface area contributed by atoms with E-state index < -0.39 is 20.0 Å². The summed E-state index contributed by atoms with van der Waals surface area (Å²) in [5.74, 6) is -0.729. The zero-order valence-electron chi connectivity index (χ0n) is 25.2. The minimum atomic E-state index is -3.55. The molecule has 2 N–H and O–H groups in total. The number of sulfonamides is 2. The van der Waals surface area contributed by atoms with Crippen molar-refractivity contribution in [2.45, 2.75) is 86.8 Å². The van der Waals surface area contributed by atoms with E-state index in [1.165, 1.54) is 0 Å². The second kappa shape index (κ2) is 14.5. The average Bonchev–Trinajstić information content (AvgIpc) is 3.49. The van der Waals surface area contributed by atoms with Crippen LogP contribution in [0.3, 0.4) is 0 Å². The van der Waals surface area contributed by atoms with Crippen molar-refractivity contribution in [1.29, 1.82) is 0 Å². The van der Waals surface area contributed by atoms with Crippen LogP contribution in [0.4, 0.5) is 11.4 Å². The first kappa shape index (κ1) is 32.6. The maximum Gasteiger partial charge on any atom is 0.243 e. The van der Waals surface area contributed by atoms with Crippen LogP contribution in [0.15, 0.2) is 58.3 Å². The number of carbonyl (C=O) groups is 2. The molecular formula is C32H44N4O6S2. The molecule has 1 saturated carbocycles. The highest BCUT2D eigenvalue weighted by Gasteiger charge is 2.31. The van der Waals surface area contributed by atoms with Crippen molar-refractivity contribution in [3.63, 3.8) is 0 Å². The number of rotatable bonds is 8. The van der Waals surface area contributed by atoms with Gasteiger partial charge in [-0.25, -0.2) is 16.8 Å². The van der Waals surface area contributed by atoms with Crippen molar-refractivity contribution >= 4 is 43.2 Å². The van der Waals surface area contributed by atoms with Gasteiger partial charge in [0.25, 0.3) is 0 Å². The van der Waals surface area contributed by atoms with E-state index in [1.807, 2.05) is 0 Å². The summed E-state index contributed by atoms with van der Waals surface area (Å²) in [4.78, 5) is 26.4. The number of nitrogens with zero attached hydrogens (tertiary/aromatic N) is 2. The van der Waals surface area contributed by atoms with Gasteiger partial charge in [-0.05, 0) is 99.9 Å². The van der Waals surface area contributed by atoms with E-state index in [0.717, 1.165) is 51.4 Å². The van der Waals surface area contributed by atoms with Gasteiger partial charge in [-0.15, -0.1) is 0 Å². The Hall–Kier alpha value is -2.80. The van der Waals surface area contributed by atoms with E-state index in [0.29, 0.717) is 63.2 Å². The molecule has 1 aliphatic carbocycles. The van der Waals surface area contributed by atoms with E-state index >= 15 is 0 Å². The van der Waals surface area contributed by atoms with E-state index in [4.69, 9.17) is 0 Å². The maximum absolute atomic E-state index is 13.0. The maximum atomic E-state index is 13.0. The second-order valence-corrected chi connectivity index (χ2v) is 16.1. The Morgan fingerprint density at radius 3 is 1.09 bits per heavy atom. The Morgan fingerprint density at radius 2 is 0.795 bits per heavy atom. The zero-order chi connectivity index (χ0) is 31.2. The Bertz CT molecular complexity index is 1370. The van der Waals surface area contributed by atoms with Crippen LogP contribution in [0.25, 0.3) is 0 Å². The third kappa shape index (κ3) is 7.88. The molecule has 240 valence electrons. The van der Waals surface area contributed by atoms with Crippen molar-refractivity contribution in [2.24, 2.45) is 11.8 Å². The zero-order valence-corrected chi connectivity index (χ0v) is 26.9. The van der Waals surface area contributed by atoms with Crippen molar-refractivity contribution in [2.75, 3.05) is 36.8 Å². The van der Waals surface area contributed by atoms with Crippen molar-refractivity contribution in [1.82, 2.24) is 8.61 Å². The molecule has 12 heteroatoms. The molecule has 2 aromatic rings. The molecule has 44 heavy (non-hydrogen) atoms. The molecule has 3 fully saturated rings. The number of amides is 2. The van der Waals surface area contributed by atoms with E-state index in [9.17, 15) is 26.4 Å². The lowest BCUT2D eigenvalue weighted by Gasteiger charge is -2.27. The molecule has 2 aliphatic heterocycles. The molecule has 0 bridgehead atoms. The normalized spacial score (nSPS) is 22.8. The van der Waals surface area contributed by atoms with Crippen LogP contribution in [0.5, 0.6) is 0 Å². The summed E-state index contributed by atoms with van der Waals surface area (Å²) in [5.41, 5.74) is 1.09. The summed E-state index contributed by atoms with van der Waals surface area (Å²) in [5, 5.41) is 5.82. The summed E-state index contributed by atoms with van der Waals surface area (Å²) in [6.07, 6.45) is 9.94. The highest BCUT2D eigenvalue weighted by atomic mass is 32.2. The number of carbonyl (C=O) groups excluding carboxylic acids is 2. The molecule has 10 nitrogen and oxygen atoms in total. The molecule has 0 unspecified atom stereocenters. The number of benzene rings is 2. The van der Waals surface area contributed by atoms with Crippen LogP contribution in [0.2, 0.25) is 0 Å². The highest BCUT2D eigenvalue weighted by Crippen LogP contribution is 2.31. The standard InChI is InChI=1S/C32H44N4O6S2/c37-31(33-27-13-17-29(18-14-27)43(39,40)35-21-5-1-2-6-22-35)25-9-11-26(12-10-25)32(38)34-28-15-19-30(20-16-28)44(41,42)36-23-7-3-4-8-24-36/h13-20,25-26H,1-12,21-24H2,(H,33,37)(H,34,38). The first-order valence-electron chi connectivity index (χ1n) is 16.0. The van der Waals surface area contributed by atoms with E-state index in [1.54, 1.807) is 57.1 Å². The van der Waals surface area contributed by atoms with Crippen molar-refractivity contribution in [3.8, 4) is 0 Å². The molecule has 0 spiro atoms. The summed E-state index contributed by atoms with van der Waals surface area (Å²) < 4.78 is 55.2. The Kier molecular flexibility index (Phi) is 10.8. The predicted octanol–water partition coefficient (Wildman–Crippen LogP) is 5.20. The molecule has 2 saturated heterocycles. The van der Waals surface area contributed by atoms with Gasteiger partial charge in [0.05, 0.1) is 9.79 Å². The molecule has 2 amide bonds. The molecule has 5 rings (SSSR count). The van der Waals surface area contributed by atoms with Gasteiger partial charge in [-0.3, -0.25) is 9.59 Å². The quantitative estimate of drug-likeness (QED) is 0.406. The number of hydrogen-bond donors (Lipinski definition) is 2. The molecular weight excluding hydrogens is 601 g/mol. The van der Waals surface area contributed by atoms with Gasteiger partial charge in [0.15, 0.2) is 0 Å². The fraction of sp³-hybridized carbons (Fsp3) is 0.562. The monoisotopic (exact) mass is 644 g/mol. The third-order valence-electron chi connectivity index (χ3n) is 9.12. The summed E-state index contributed by atoms with van der Waals surface area (Å²) in [6.45, 7) is 2.15. The van der Waals surface area contributed by atoms with Crippen LogP contribution < -0.4 is 10.6 Å². The van der Waals surface area contributed by atoms with Crippen LogP contribution in [-0.2, 0) is 29.6 Å². The number of hydrogen-bond acceptors (Lipinski definition) is 6. The van der Waals surface area contributed by atoms with Crippen LogP contribution in [-0.4, -0.2) is 63.4 Å². The largest absolute Gasteiger partial charge is 0.326 e. The van der Waals surface area contributed by atoms with Crippen LogP contribution in [0, 0.1) is 11.8 Å². The highest BCUT2D eigenvalue weighted by molar-refractivity contribution is 7.89. The van der Waals surface area contributed by atoms with Gasteiger partial charge < -0.3 is 10.6 Å². The smallest absolute Gasteiger partial charge is 0.243 e. The summed E-state index contributed by atoms with van der Waals surface area (Å²) >= 11 is 0.